The number of aliphatic hydroxyl groups is 1. The maximum atomic E-state index is 12.9. The van der Waals surface area contributed by atoms with Crippen LogP contribution < -0.4 is 17.0 Å². The summed E-state index contributed by atoms with van der Waals surface area (Å²) in [5, 5.41) is 11.2. The number of rotatable bonds is 6. The molecule has 2 unspecified atom stereocenters. The van der Waals surface area contributed by atoms with Crippen LogP contribution in [0.1, 0.15) is 34.4 Å². The average molecular weight is 480 g/mol. The Labute approximate surface area is 186 Å². The highest BCUT2D eigenvalue weighted by Gasteiger charge is 2.37. The Morgan fingerprint density at radius 1 is 0.767 bits per heavy atom. The van der Waals surface area contributed by atoms with E-state index in [2.05, 4.69) is 0 Å². The molecule has 3 aromatic carbocycles. The summed E-state index contributed by atoms with van der Waals surface area (Å²) in [6, 6.07) is 24.1. The van der Waals surface area contributed by atoms with E-state index in [0.29, 0.717) is 11.0 Å². The van der Waals surface area contributed by atoms with Crippen LogP contribution in [0.15, 0.2) is 84.9 Å². The van der Waals surface area contributed by atoms with Gasteiger partial charge in [0.25, 0.3) is 0 Å². The fourth-order valence-corrected chi connectivity index (χ4v) is 3.82. The summed E-state index contributed by atoms with van der Waals surface area (Å²) in [4.78, 5) is 0. The van der Waals surface area contributed by atoms with Crippen molar-refractivity contribution in [1.29, 1.82) is 0 Å². The van der Waals surface area contributed by atoms with E-state index in [-0.39, 0.29) is 23.0 Å². The lowest BCUT2D eigenvalue weighted by atomic mass is 9.92. The monoisotopic (exact) mass is 479 g/mol. The Bertz CT molecular complexity index is 913. The zero-order valence-electron chi connectivity index (χ0n) is 16.9. The zero-order chi connectivity index (χ0) is 21.1. The third-order valence-electron chi connectivity index (χ3n) is 5.21. The number of halogens is 4. The number of hydrogen-bond donors (Lipinski definition) is 1. The molecule has 1 N–H and O–H groups in total. The molecule has 0 saturated heterocycles. The minimum Gasteiger partial charge on any atom is -1.00 e. The molecule has 0 aliphatic rings. The van der Waals surface area contributed by atoms with E-state index in [0.717, 1.165) is 28.8 Å². The Kier molecular flexibility index (Phi) is 7.86. The van der Waals surface area contributed by atoms with E-state index in [1.807, 2.05) is 74.8 Å². The average Bonchev–Trinajstić information content (AvgIpc) is 2.69. The molecule has 3 rings (SSSR count). The zero-order valence-corrected chi connectivity index (χ0v) is 18.4. The lowest BCUT2D eigenvalue weighted by molar-refractivity contribution is -0.938. The molecule has 6 heteroatoms. The molecule has 0 amide bonds. The number of quaternary nitrogens is 1. The summed E-state index contributed by atoms with van der Waals surface area (Å²) < 4.78 is 39.0. The van der Waals surface area contributed by atoms with E-state index < -0.39 is 17.8 Å². The van der Waals surface area contributed by atoms with Gasteiger partial charge in [-0.25, -0.2) is 0 Å². The second kappa shape index (κ2) is 9.77. The summed E-state index contributed by atoms with van der Waals surface area (Å²) in [6.45, 7) is 0.474. The molecule has 0 aromatic heterocycles. The Morgan fingerprint density at radius 2 is 1.23 bits per heavy atom. The summed E-state index contributed by atoms with van der Waals surface area (Å²) in [5.41, 5.74) is 1.90. The Hall–Kier alpha value is -2.15. The lowest BCUT2D eigenvalue weighted by Crippen LogP contribution is -3.00. The summed E-state index contributed by atoms with van der Waals surface area (Å²) in [7, 11) is 3.98. The molecule has 0 saturated carbocycles. The minimum absolute atomic E-state index is 0. The summed E-state index contributed by atoms with van der Waals surface area (Å²) in [6.07, 6.45) is -5.11. The first kappa shape index (κ1) is 24.1. The van der Waals surface area contributed by atoms with E-state index in [1.165, 1.54) is 12.1 Å². The Balaban J connectivity index is 0.00000320. The van der Waals surface area contributed by atoms with Gasteiger partial charge in [0.05, 0.1) is 19.7 Å². The molecule has 2 atom stereocenters. The third kappa shape index (κ3) is 5.72. The van der Waals surface area contributed by atoms with Gasteiger partial charge in [0.2, 0.25) is 0 Å². The van der Waals surface area contributed by atoms with Gasteiger partial charge in [-0.05, 0) is 17.7 Å². The van der Waals surface area contributed by atoms with Crippen molar-refractivity contribution < 1.29 is 39.7 Å². The van der Waals surface area contributed by atoms with Crippen molar-refractivity contribution in [2.24, 2.45) is 0 Å². The molecule has 0 heterocycles. The van der Waals surface area contributed by atoms with Crippen molar-refractivity contribution in [1.82, 2.24) is 0 Å². The van der Waals surface area contributed by atoms with Crippen molar-refractivity contribution in [3.63, 3.8) is 0 Å². The standard InChI is InChI=1S/C24H25F3NO.BrH/c1-28(2,17-18-13-15-21(16-14-18)24(25,26)27)22(19-9-5-3-6-10-19)23(29)20-11-7-4-8-12-20;/h3-16,22-23,29H,17H2,1-2H3;1H/q+1;/p-1. The van der Waals surface area contributed by atoms with Gasteiger partial charge in [-0.3, -0.25) is 0 Å². The maximum Gasteiger partial charge on any atom is 0.416 e. The van der Waals surface area contributed by atoms with E-state index >= 15 is 0 Å². The number of hydrogen-bond acceptors (Lipinski definition) is 1. The highest BCUT2D eigenvalue weighted by Crippen LogP contribution is 2.38. The molecule has 0 aliphatic carbocycles. The lowest BCUT2D eigenvalue weighted by Gasteiger charge is -2.41. The van der Waals surface area contributed by atoms with Gasteiger partial charge in [0, 0.05) is 11.1 Å². The fourth-order valence-electron chi connectivity index (χ4n) is 3.82. The van der Waals surface area contributed by atoms with Crippen molar-refractivity contribution in [2.45, 2.75) is 24.9 Å². The number of likely N-dealkylation sites (N-methyl/N-ethyl adjacent to an activating group) is 1. The molecule has 0 fully saturated rings. The first-order valence-corrected chi connectivity index (χ1v) is 9.45. The molecular formula is C24H25BrF3NO. The molecule has 30 heavy (non-hydrogen) atoms. The van der Waals surface area contributed by atoms with Crippen molar-refractivity contribution in [3.8, 4) is 0 Å². The van der Waals surface area contributed by atoms with Gasteiger partial charge in [-0.2, -0.15) is 13.2 Å². The normalized spacial score (nSPS) is 13.9. The van der Waals surface area contributed by atoms with E-state index in [9.17, 15) is 18.3 Å². The number of alkyl halides is 3. The second-order valence-electron chi connectivity index (χ2n) is 7.84. The smallest absolute Gasteiger partial charge is 0.416 e. The number of nitrogens with zero attached hydrogens (tertiary/aromatic N) is 1. The van der Waals surface area contributed by atoms with Gasteiger partial charge in [0.1, 0.15) is 18.7 Å². The molecule has 0 bridgehead atoms. The molecule has 160 valence electrons. The largest absolute Gasteiger partial charge is 1.00 e. The third-order valence-corrected chi connectivity index (χ3v) is 5.21. The molecule has 2 nitrogen and oxygen atoms in total. The van der Waals surface area contributed by atoms with Crippen LogP contribution in [-0.2, 0) is 12.7 Å². The van der Waals surface area contributed by atoms with Crippen molar-refractivity contribution in [2.75, 3.05) is 14.1 Å². The molecule has 0 radical (unpaired) electrons. The van der Waals surface area contributed by atoms with Crippen LogP contribution in [0, 0.1) is 0 Å². The predicted octanol–water partition coefficient (Wildman–Crippen LogP) is 2.76. The molecular weight excluding hydrogens is 455 g/mol. The first-order chi connectivity index (χ1) is 13.7. The van der Waals surface area contributed by atoms with Gasteiger partial charge in [0.15, 0.2) is 0 Å². The highest BCUT2D eigenvalue weighted by atomic mass is 79.9. The Morgan fingerprint density at radius 3 is 1.70 bits per heavy atom. The van der Waals surface area contributed by atoms with Crippen molar-refractivity contribution in [3.05, 3.63) is 107 Å². The van der Waals surface area contributed by atoms with Crippen LogP contribution in [0.2, 0.25) is 0 Å². The molecule has 0 aliphatic heterocycles. The fraction of sp³-hybridized carbons (Fsp3) is 0.250. The van der Waals surface area contributed by atoms with Crippen LogP contribution >= 0.6 is 0 Å². The predicted molar refractivity (Wildman–Crippen MR) is 108 cm³/mol. The highest BCUT2D eigenvalue weighted by molar-refractivity contribution is 5.26. The van der Waals surface area contributed by atoms with E-state index in [1.54, 1.807) is 0 Å². The van der Waals surface area contributed by atoms with Crippen LogP contribution in [0.4, 0.5) is 13.2 Å². The molecule has 0 spiro atoms. The first-order valence-electron chi connectivity index (χ1n) is 9.45. The van der Waals surface area contributed by atoms with Gasteiger partial charge in [-0.15, -0.1) is 0 Å². The summed E-state index contributed by atoms with van der Waals surface area (Å²) >= 11 is 0. The van der Waals surface area contributed by atoms with Crippen LogP contribution in [0.3, 0.4) is 0 Å². The van der Waals surface area contributed by atoms with Crippen LogP contribution in [0.5, 0.6) is 0 Å². The number of benzene rings is 3. The minimum atomic E-state index is -4.35. The van der Waals surface area contributed by atoms with Gasteiger partial charge >= 0.3 is 6.18 Å². The SMILES string of the molecule is C[N+](C)(Cc1ccc(C(F)(F)F)cc1)C(c1ccccc1)C(O)c1ccccc1.[Br-]. The molecule has 3 aromatic rings. The van der Waals surface area contributed by atoms with Gasteiger partial charge in [-0.1, -0.05) is 72.8 Å². The van der Waals surface area contributed by atoms with E-state index in [4.69, 9.17) is 0 Å². The van der Waals surface area contributed by atoms with Crippen LogP contribution in [-0.4, -0.2) is 23.7 Å². The number of aliphatic hydroxyl groups excluding tert-OH is 1. The second-order valence-corrected chi connectivity index (χ2v) is 7.84. The van der Waals surface area contributed by atoms with Gasteiger partial charge < -0.3 is 26.6 Å². The van der Waals surface area contributed by atoms with Crippen molar-refractivity contribution >= 4 is 0 Å². The maximum absolute atomic E-state index is 12.9. The quantitative estimate of drug-likeness (QED) is 0.539. The van der Waals surface area contributed by atoms with Crippen LogP contribution in [0.25, 0.3) is 0 Å². The summed E-state index contributed by atoms with van der Waals surface area (Å²) in [5.74, 6) is 0. The topological polar surface area (TPSA) is 20.2 Å².